The van der Waals surface area contributed by atoms with Crippen LogP contribution in [0, 0.1) is 0 Å². The molecule has 1 aliphatic rings. The van der Waals surface area contributed by atoms with E-state index in [-0.39, 0.29) is 18.2 Å². The molecule has 2 unspecified atom stereocenters. The van der Waals surface area contributed by atoms with Crippen molar-refractivity contribution in [2.75, 3.05) is 6.61 Å². The fraction of sp³-hybridized carbons (Fsp3) is 0.450. The number of benzene rings is 1. The second-order valence-corrected chi connectivity index (χ2v) is 6.83. The molecule has 2 aromatic rings. The van der Waals surface area contributed by atoms with Gasteiger partial charge in [0.25, 0.3) is 0 Å². The number of aromatic nitrogens is 3. The summed E-state index contributed by atoms with van der Waals surface area (Å²) >= 11 is 0. The first-order chi connectivity index (χ1) is 13.0. The Bertz CT molecular complexity index is 779. The first-order valence-electron chi connectivity index (χ1n) is 9.24. The quantitative estimate of drug-likeness (QED) is 0.758. The number of carbonyl (C=O) groups is 1. The Kier molecular flexibility index (Phi) is 6.36. The standard InChI is InChI=1S/C20H26N4O3/c1-14(2)20(25)21-15(3)16-7-9-18(10-8-16)24-12-17(22-23-24)13-27-19-6-4-5-11-26-19/h7-10,12,15,19H,1,4-6,11,13H2,2-3H3,(H,21,25). The van der Waals surface area contributed by atoms with Crippen LogP contribution in [0.25, 0.3) is 5.69 Å². The third-order valence-corrected chi connectivity index (χ3v) is 4.49. The smallest absolute Gasteiger partial charge is 0.246 e. The average molecular weight is 370 g/mol. The van der Waals surface area contributed by atoms with Gasteiger partial charge in [0.05, 0.1) is 24.5 Å². The Balaban J connectivity index is 1.57. The van der Waals surface area contributed by atoms with Crippen LogP contribution >= 0.6 is 0 Å². The van der Waals surface area contributed by atoms with E-state index in [9.17, 15) is 4.79 Å². The van der Waals surface area contributed by atoms with Gasteiger partial charge in [-0.1, -0.05) is 23.9 Å². The number of nitrogens with one attached hydrogen (secondary N) is 1. The SMILES string of the molecule is C=C(C)C(=O)NC(C)c1ccc(-n2cc(COC3CCCCO3)nn2)cc1. The number of nitrogens with zero attached hydrogens (tertiary/aromatic N) is 3. The van der Waals surface area contributed by atoms with Crippen LogP contribution in [0.3, 0.4) is 0 Å². The Morgan fingerprint density at radius 3 is 2.85 bits per heavy atom. The van der Waals surface area contributed by atoms with Crippen molar-refractivity contribution in [1.29, 1.82) is 0 Å². The van der Waals surface area contributed by atoms with Crippen molar-refractivity contribution in [2.45, 2.75) is 52.0 Å². The molecule has 7 heteroatoms. The van der Waals surface area contributed by atoms with Crippen LogP contribution in [0.5, 0.6) is 0 Å². The maximum atomic E-state index is 11.7. The molecule has 1 aromatic heterocycles. The fourth-order valence-electron chi connectivity index (χ4n) is 2.83. The van der Waals surface area contributed by atoms with E-state index < -0.39 is 0 Å². The normalized spacial score (nSPS) is 18.1. The molecule has 1 aliphatic heterocycles. The van der Waals surface area contributed by atoms with Gasteiger partial charge >= 0.3 is 0 Å². The van der Waals surface area contributed by atoms with Gasteiger partial charge in [0.2, 0.25) is 5.91 Å². The first-order valence-corrected chi connectivity index (χ1v) is 9.24. The molecular formula is C20H26N4O3. The molecule has 1 fully saturated rings. The van der Waals surface area contributed by atoms with Gasteiger partial charge in [-0.25, -0.2) is 4.68 Å². The highest BCUT2D eigenvalue weighted by molar-refractivity contribution is 5.92. The maximum Gasteiger partial charge on any atom is 0.246 e. The first kappa shape index (κ1) is 19.3. The zero-order valence-corrected chi connectivity index (χ0v) is 15.9. The van der Waals surface area contributed by atoms with Crippen LogP contribution < -0.4 is 5.32 Å². The molecule has 1 amide bonds. The molecule has 7 nitrogen and oxygen atoms in total. The lowest BCUT2D eigenvalue weighted by Crippen LogP contribution is -2.26. The van der Waals surface area contributed by atoms with E-state index >= 15 is 0 Å². The van der Waals surface area contributed by atoms with Gasteiger partial charge in [-0.3, -0.25) is 4.79 Å². The molecule has 0 radical (unpaired) electrons. The Hall–Kier alpha value is -2.51. The van der Waals surface area contributed by atoms with Crippen molar-refractivity contribution in [1.82, 2.24) is 20.3 Å². The molecule has 1 N–H and O–H groups in total. The van der Waals surface area contributed by atoms with Crippen LogP contribution in [-0.4, -0.2) is 33.8 Å². The van der Waals surface area contributed by atoms with Gasteiger partial charge in [0.1, 0.15) is 5.69 Å². The largest absolute Gasteiger partial charge is 0.353 e. The van der Waals surface area contributed by atoms with Gasteiger partial charge in [0.15, 0.2) is 6.29 Å². The summed E-state index contributed by atoms with van der Waals surface area (Å²) in [5.74, 6) is -0.144. The molecule has 144 valence electrons. The number of hydrogen-bond donors (Lipinski definition) is 1. The van der Waals surface area contributed by atoms with Crippen molar-refractivity contribution >= 4 is 5.91 Å². The molecule has 1 saturated heterocycles. The average Bonchev–Trinajstić information content (AvgIpc) is 3.16. The Morgan fingerprint density at radius 2 is 2.19 bits per heavy atom. The van der Waals surface area contributed by atoms with Crippen molar-refractivity contribution < 1.29 is 14.3 Å². The second kappa shape index (κ2) is 8.92. The Labute approximate surface area is 159 Å². The molecule has 3 rings (SSSR count). The van der Waals surface area contributed by atoms with Crippen LogP contribution in [0.4, 0.5) is 0 Å². The monoisotopic (exact) mass is 370 g/mol. The summed E-state index contributed by atoms with van der Waals surface area (Å²) in [7, 11) is 0. The van der Waals surface area contributed by atoms with Crippen molar-refractivity contribution in [3.05, 3.63) is 53.9 Å². The van der Waals surface area contributed by atoms with Gasteiger partial charge in [-0.05, 0) is 50.8 Å². The summed E-state index contributed by atoms with van der Waals surface area (Å²) in [6.07, 6.45) is 4.87. The second-order valence-electron chi connectivity index (χ2n) is 6.83. The summed E-state index contributed by atoms with van der Waals surface area (Å²) in [6.45, 7) is 8.43. The van der Waals surface area contributed by atoms with E-state index in [1.165, 1.54) is 0 Å². The van der Waals surface area contributed by atoms with Gasteiger partial charge in [0, 0.05) is 12.2 Å². The van der Waals surface area contributed by atoms with Crippen LogP contribution in [0.2, 0.25) is 0 Å². The van der Waals surface area contributed by atoms with E-state index in [1.807, 2.05) is 37.4 Å². The van der Waals surface area contributed by atoms with E-state index in [2.05, 4.69) is 22.2 Å². The molecule has 2 atom stereocenters. The van der Waals surface area contributed by atoms with E-state index in [1.54, 1.807) is 11.6 Å². The predicted octanol–water partition coefficient (Wildman–Crippen LogP) is 3.06. The number of amides is 1. The zero-order chi connectivity index (χ0) is 19.2. The minimum absolute atomic E-state index is 0.0987. The highest BCUT2D eigenvalue weighted by Gasteiger charge is 2.15. The van der Waals surface area contributed by atoms with Crippen molar-refractivity contribution in [2.24, 2.45) is 0 Å². The van der Waals surface area contributed by atoms with Crippen molar-refractivity contribution in [3.8, 4) is 5.69 Å². The lowest BCUT2D eigenvalue weighted by molar-refractivity contribution is -0.169. The van der Waals surface area contributed by atoms with Crippen molar-refractivity contribution in [3.63, 3.8) is 0 Å². The molecule has 0 saturated carbocycles. The summed E-state index contributed by atoms with van der Waals surface area (Å²) in [5.41, 5.74) is 3.15. The summed E-state index contributed by atoms with van der Waals surface area (Å²) in [6, 6.07) is 7.72. The summed E-state index contributed by atoms with van der Waals surface area (Å²) < 4.78 is 13.0. The maximum absolute atomic E-state index is 11.7. The third kappa shape index (κ3) is 5.24. The van der Waals surface area contributed by atoms with E-state index in [0.29, 0.717) is 12.2 Å². The highest BCUT2D eigenvalue weighted by atomic mass is 16.7. The lowest BCUT2D eigenvalue weighted by atomic mass is 10.1. The minimum Gasteiger partial charge on any atom is -0.353 e. The van der Waals surface area contributed by atoms with Crippen LogP contribution in [0.1, 0.15) is 50.4 Å². The third-order valence-electron chi connectivity index (χ3n) is 4.49. The molecule has 0 spiro atoms. The van der Waals surface area contributed by atoms with Gasteiger partial charge < -0.3 is 14.8 Å². The molecule has 2 heterocycles. The van der Waals surface area contributed by atoms with Crippen LogP contribution in [0.15, 0.2) is 42.6 Å². The fourth-order valence-corrected chi connectivity index (χ4v) is 2.83. The predicted molar refractivity (Wildman–Crippen MR) is 101 cm³/mol. The zero-order valence-electron chi connectivity index (χ0n) is 15.9. The minimum atomic E-state index is -0.144. The molecule has 0 bridgehead atoms. The Morgan fingerprint density at radius 1 is 1.41 bits per heavy atom. The van der Waals surface area contributed by atoms with E-state index in [0.717, 1.165) is 42.8 Å². The topological polar surface area (TPSA) is 78.3 Å². The van der Waals surface area contributed by atoms with Crippen LogP contribution in [-0.2, 0) is 20.9 Å². The number of ether oxygens (including phenoxy) is 2. The van der Waals surface area contributed by atoms with E-state index in [4.69, 9.17) is 9.47 Å². The van der Waals surface area contributed by atoms with Gasteiger partial charge in [-0.15, -0.1) is 5.10 Å². The lowest BCUT2D eigenvalue weighted by Gasteiger charge is -2.22. The number of carbonyl (C=O) groups excluding carboxylic acids is 1. The number of rotatable bonds is 7. The summed E-state index contributed by atoms with van der Waals surface area (Å²) in [5, 5.41) is 11.2. The molecule has 27 heavy (non-hydrogen) atoms. The molecule has 1 aromatic carbocycles. The molecular weight excluding hydrogens is 344 g/mol. The van der Waals surface area contributed by atoms with Gasteiger partial charge in [-0.2, -0.15) is 0 Å². The molecule has 0 aliphatic carbocycles. The number of hydrogen-bond acceptors (Lipinski definition) is 5. The highest BCUT2D eigenvalue weighted by Crippen LogP contribution is 2.17. The summed E-state index contributed by atoms with van der Waals surface area (Å²) in [4.78, 5) is 11.7.